The van der Waals surface area contributed by atoms with Crippen LogP contribution in [0.5, 0.6) is 0 Å². The molecule has 0 aliphatic heterocycles. The van der Waals surface area contributed by atoms with E-state index < -0.39 is 0 Å². The van der Waals surface area contributed by atoms with Crippen LogP contribution >= 0.6 is 11.3 Å². The van der Waals surface area contributed by atoms with Crippen LogP contribution in [0.4, 0.5) is 0 Å². The summed E-state index contributed by atoms with van der Waals surface area (Å²) in [5.74, 6) is 1.50. The van der Waals surface area contributed by atoms with Crippen molar-refractivity contribution in [3.05, 3.63) is 17.8 Å². The third-order valence-corrected chi connectivity index (χ3v) is 8.06. The van der Waals surface area contributed by atoms with E-state index in [1.54, 1.807) is 0 Å². The Labute approximate surface area is 176 Å². The molecular formula is C24H37BN2S. The molecule has 0 amide bonds. The number of nitrogens with zero attached hydrogens (tertiary/aromatic N) is 2. The number of hydrogen-bond acceptors (Lipinski definition) is 3. The Balaban J connectivity index is 1.44. The van der Waals surface area contributed by atoms with Gasteiger partial charge >= 0.3 is 0 Å². The number of aromatic nitrogens is 2. The zero-order valence-electron chi connectivity index (χ0n) is 17.6. The molecule has 0 N–H and O–H groups in total. The Kier molecular flexibility index (Phi) is 7.83. The van der Waals surface area contributed by atoms with Gasteiger partial charge in [-0.3, -0.25) is 0 Å². The minimum absolute atomic E-state index is 0.651. The van der Waals surface area contributed by atoms with Crippen molar-refractivity contribution in [3.63, 3.8) is 0 Å². The standard InChI is InChI=1S/C24H37BN2S/c1-2-5-9-13-19(14-10-6-3-1)21-17-18-22-23(26-21)27-24(28-22)25-20-15-11-7-4-8-12-16-20/h17-20,25H,1-16H2. The quantitative estimate of drug-likeness (QED) is 0.528. The van der Waals surface area contributed by atoms with Crippen molar-refractivity contribution in [2.24, 2.45) is 0 Å². The molecule has 2 nitrogen and oxygen atoms in total. The Bertz CT molecular complexity index is 710. The first-order valence-electron chi connectivity index (χ1n) is 12.1. The second kappa shape index (κ2) is 10.8. The molecule has 0 aromatic carbocycles. The Hall–Kier alpha value is -0.895. The maximum absolute atomic E-state index is 5.07. The maximum atomic E-state index is 5.07. The summed E-state index contributed by atoms with van der Waals surface area (Å²) in [6.45, 7) is 0. The highest BCUT2D eigenvalue weighted by molar-refractivity contribution is 7.26. The molecule has 4 rings (SSSR count). The Morgan fingerprint density at radius 2 is 1.25 bits per heavy atom. The fourth-order valence-corrected chi connectivity index (χ4v) is 6.31. The highest BCUT2D eigenvalue weighted by Crippen LogP contribution is 2.31. The lowest BCUT2D eigenvalue weighted by Crippen LogP contribution is -2.19. The molecule has 2 aromatic heterocycles. The van der Waals surface area contributed by atoms with Gasteiger partial charge in [-0.25, -0.2) is 9.97 Å². The van der Waals surface area contributed by atoms with Gasteiger partial charge in [0, 0.05) is 11.6 Å². The van der Waals surface area contributed by atoms with E-state index in [2.05, 4.69) is 12.1 Å². The SMILES string of the molecule is B(c1nc2nc(C3CCCCCCCCC3)ccc2s1)C1CCCCCCC1. The first-order valence-corrected chi connectivity index (χ1v) is 13.0. The fourth-order valence-electron chi connectivity index (χ4n) is 5.29. The first-order chi connectivity index (χ1) is 13.9. The van der Waals surface area contributed by atoms with Crippen molar-refractivity contribution in [1.82, 2.24) is 9.97 Å². The molecule has 28 heavy (non-hydrogen) atoms. The van der Waals surface area contributed by atoms with Gasteiger partial charge in [0.05, 0.1) is 9.61 Å². The molecule has 152 valence electrons. The highest BCUT2D eigenvalue weighted by Gasteiger charge is 2.19. The largest absolute Gasteiger partial charge is 0.232 e. The first kappa shape index (κ1) is 20.4. The molecule has 2 aliphatic rings. The number of pyridine rings is 1. The summed E-state index contributed by atoms with van der Waals surface area (Å²) in [6, 6.07) is 4.63. The molecular weight excluding hydrogens is 359 g/mol. The van der Waals surface area contributed by atoms with Crippen LogP contribution in [0.15, 0.2) is 12.1 Å². The molecule has 0 atom stereocenters. The van der Waals surface area contributed by atoms with Crippen molar-refractivity contribution in [3.8, 4) is 0 Å². The molecule has 0 radical (unpaired) electrons. The van der Waals surface area contributed by atoms with Gasteiger partial charge in [-0.05, 0) is 25.0 Å². The number of fused-ring (bicyclic) bond motifs is 1. The monoisotopic (exact) mass is 396 g/mol. The molecule has 0 saturated heterocycles. The molecule has 0 bridgehead atoms. The lowest BCUT2D eigenvalue weighted by molar-refractivity contribution is 0.458. The van der Waals surface area contributed by atoms with Gasteiger partial charge < -0.3 is 0 Å². The molecule has 2 fully saturated rings. The lowest BCUT2D eigenvalue weighted by atomic mass is 9.60. The topological polar surface area (TPSA) is 25.8 Å². The van der Waals surface area contributed by atoms with Crippen molar-refractivity contribution in [2.75, 3.05) is 0 Å². The maximum Gasteiger partial charge on any atom is 0.199 e. The number of thiazole rings is 1. The van der Waals surface area contributed by atoms with Crippen molar-refractivity contribution in [1.29, 1.82) is 0 Å². The van der Waals surface area contributed by atoms with E-state index in [0.29, 0.717) is 5.92 Å². The smallest absolute Gasteiger partial charge is 0.199 e. The van der Waals surface area contributed by atoms with Gasteiger partial charge in [-0.15, -0.1) is 11.3 Å². The summed E-state index contributed by atoms with van der Waals surface area (Å²) < 4.78 is 1.30. The van der Waals surface area contributed by atoms with Crippen LogP contribution in [-0.2, 0) is 0 Å². The van der Waals surface area contributed by atoms with Crippen LogP contribution in [0.25, 0.3) is 10.3 Å². The molecule has 2 aromatic rings. The van der Waals surface area contributed by atoms with E-state index in [4.69, 9.17) is 9.97 Å². The summed E-state index contributed by atoms with van der Waals surface area (Å²) in [4.78, 5) is 11.4. The van der Waals surface area contributed by atoms with E-state index in [0.717, 1.165) is 11.5 Å². The summed E-state index contributed by atoms with van der Waals surface area (Å²) in [5, 5.41) is 0. The fraction of sp³-hybridized carbons (Fsp3) is 0.750. The van der Waals surface area contributed by atoms with Gasteiger partial charge in [0.2, 0.25) is 0 Å². The molecule has 0 unspecified atom stereocenters. The van der Waals surface area contributed by atoms with Crippen LogP contribution in [-0.4, -0.2) is 17.2 Å². The predicted octanol–water partition coefficient (Wildman–Crippen LogP) is 6.89. The molecule has 0 spiro atoms. The average Bonchev–Trinajstić information content (AvgIpc) is 3.09. The number of rotatable bonds is 3. The van der Waals surface area contributed by atoms with E-state index in [1.807, 2.05) is 11.3 Å². The van der Waals surface area contributed by atoms with Crippen LogP contribution in [0.1, 0.15) is 114 Å². The van der Waals surface area contributed by atoms with E-state index in [-0.39, 0.29) is 0 Å². The summed E-state index contributed by atoms with van der Waals surface area (Å²) in [7, 11) is 1.18. The van der Waals surface area contributed by atoms with Gasteiger partial charge in [-0.1, -0.05) is 95.7 Å². The lowest BCUT2D eigenvalue weighted by Gasteiger charge is -2.18. The van der Waals surface area contributed by atoms with Crippen molar-refractivity contribution < 1.29 is 0 Å². The Morgan fingerprint density at radius 3 is 1.89 bits per heavy atom. The van der Waals surface area contributed by atoms with Crippen LogP contribution in [0, 0.1) is 0 Å². The van der Waals surface area contributed by atoms with Crippen LogP contribution in [0.2, 0.25) is 5.82 Å². The predicted molar refractivity (Wildman–Crippen MR) is 125 cm³/mol. The summed E-state index contributed by atoms with van der Waals surface area (Å²) in [5.41, 5.74) is 2.34. The van der Waals surface area contributed by atoms with Gasteiger partial charge in [0.1, 0.15) is 0 Å². The van der Waals surface area contributed by atoms with E-state index in [1.165, 1.54) is 125 Å². The van der Waals surface area contributed by atoms with Crippen molar-refractivity contribution in [2.45, 2.75) is 114 Å². The highest BCUT2D eigenvalue weighted by atomic mass is 32.1. The molecule has 4 heteroatoms. The third kappa shape index (κ3) is 5.81. The van der Waals surface area contributed by atoms with Gasteiger partial charge in [0.15, 0.2) is 12.9 Å². The zero-order chi connectivity index (χ0) is 19.0. The normalized spacial score (nSPS) is 21.9. The van der Waals surface area contributed by atoms with Gasteiger partial charge in [0.25, 0.3) is 0 Å². The molecule has 2 saturated carbocycles. The van der Waals surface area contributed by atoms with Crippen LogP contribution < -0.4 is 4.91 Å². The number of hydrogen-bond donors (Lipinski definition) is 0. The van der Waals surface area contributed by atoms with Crippen LogP contribution in [0.3, 0.4) is 0 Å². The second-order valence-electron chi connectivity index (χ2n) is 9.33. The zero-order valence-corrected chi connectivity index (χ0v) is 18.4. The summed E-state index contributed by atoms with van der Waals surface area (Å²) >= 11 is 1.90. The average molecular weight is 396 g/mol. The van der Waals surface area contributed by atoms with E-state index in [9.17, 15) is 0 Å². The molecule has 2 heterocycles. The third-order valence-electron chi connectivity index (χ3n) is 7.03. The minimum Gasteiger partial charge on any atom is -0.232 e. The molecule has 2 aliphatic carbocycles. The van der Waals surface area contributed by atoms with Crippen molar-refractivity contribution >= 4 is 33.9 Å². The van der Waals surface area contributed by atoms with E-state index >= 15 is 0 Å². The second-order valence-corrected chi connectivity index (χ2v) is 10.4. The minimum atomic E-state index is 0.651. The Morgan fingerprint density at radius 1 is 0.679 bits per heavy atom. The summed E-state index contributed by atoms with van der Waals surface area (Å²) in [6.07, 6.45) is 22.4. The van der Waals surface area contributed by atoms with Gasteiger partial charge in [-0.2, -0.15) is 0 Å².